The molecule has 108 valence electrons. The summed E-state index contributed by atoms with van der Waals surface area (Å²) in [7, 11) is 0. The minimum atomic E-state index is 0.886. The highest BCUT2D eigenvalue weighted by atomic mass is 15.0. The number of rotatable bonds is 6. The van der Waals surface area contributed by atoms with E-state index in [4.69, 9.17) is 0 Å². The van der Waals surface area contributed by atoms with Gasteiger partial charge in [0.25, 0.3) is 0 Å². The van der Waals surface area contributed by atoms with Gasteiger partial charge in [-0.2, -0.15) is 0 Å². The number of aromatic nitrogens is 2. The van der Waals surface area contributed by atoms with Gasteiger partial charge in [0.15, 0.2) is 0 Å². The van der Waals surface area contributed by atoms with Crippen LogP contribution in [0.4, 0.5) is 0 Å². The van der Waals surface area contributed by atoms with Gasteiger partial charge in [-0.05, 0) is 47.7 Å². The third-order valence-corrected chi connectivity index (χ3v) is 3.72. The molecule has 0 saturated heterocycles. The van der Waals surface area contributed by atoms with Gasteiger partial charge in [0.1, 0.15) is 0 Å². The van der Waals surface area contributed by atoms with Crippen LogP contribution in [0.1, 0.15) is 24.5 Å². The molecule has 0 bridgehead atoms. The van der Waals surface area contributed by atoms with E-state index in [1.807, 2.05) is 12.4 Å². The lowest BCUT2D eigenvalue weighted by Gasteiger charge is -2.11. The van der Waals surface area contributed by atoms with Gasteiger partial charge in [-0.25, -0.2) is 0 Å². The summed E-state index contributed by atoms with van der Waals surface area (Å²) in [6.07, 6.45) is 7.04. The molecule has 0 radical (unpaired) electrons. The van der Waals surface area contributed by atoms with E-state index in [9.17, 15) is 0 Å². The van der Waals surface area contributed by atoms with Gasteiger partial charge >= 0.3 is 0 Å². The smallest absolute Gasteiger partial charge is 0.0529 e. The molecule has 1 aromatic carbocycles. The molecule has 0 spiro atoms. The Balaban J connectivity index is 1.91. The maximum atomic E-state index is 4.09. The Labute approximate surface area is 125 Å². The van der Waals surface area contributed by atoms with E-state index in [2.05, 4.69) is 64.4 Å². The molecule has 0 saturated carbocycles. The highest BCUT2D eigenvalue weighted by Crippen LogP contribution is 2.21. The number of nitrogens with zero attached hydrogens (tertiary/aromatic N) is 2. The van der Waals surface area contributed by atoms with E-state index in [1.165, 1.54) is 22.0 Å². The lowest BCUT2D eigenvalue weighted by molar-refractivity contribution is 0.675. The van der Waals surface area contributed by atoms with Gasteiger partial charge in [-0.3, -0.25) is 4.98 Å². The van der Waals surface area contributed by atoms with Crippen LogP contribution < -0.4 is 5.32 Å². The summed E-state index contributed by atoms with van der Waals surface area (Å²) in [5, 5.41) is 4.81. The van der Waals surface area contributed by atoms with E-state index >= 15 is 0 Å². The molecule has 3 aromatic rings. The molecular weight excluding hydrogens is 258 g/mol. The molecule has 3 heteroatoms. The minimum Gasteiger partial charge on any atom is -0.343 e. The molecule has 2 aromatic heterocycles. The first-order valence-corrected chi connectivity index (χ1v) is 7.55. The Hall–Kier alpha value is -2.13. The first-order chi connectivity index (χ1) is 10.4. The van der Waals surface area contributed by atoms with Crippen LogP contribution in [0.15, 0.2) is 55.0 Å². The van der Waals surface area contributed by atoms with Gasteiger partial charge in [-0.15, -0.1) is 0 Å². The third kappa shape index (κ3) is 3.14. The quantitative estimate of drug-likeness (QED) is 0.699. The predicted octanol–water partition coefficient (Wildman–Crippen LogP) is 3.58. The number of pyridine rings is 1. The number of nitrogens with one attached hydrogen (secondary N) is 1. The van der Waals surface area contributed by atoms with Crippen LogP contribution in [0.3, 0.4) is 0 Å². The third-order valence-electron chi connectivity index (χ3n) is 3.72. The fraction of sp³-hybridized carbons (Fsp3) is 0.278. The van der Waals surface area contributed by atoms with Crippen LogP contribution >= 0.6 is 0 Å². The Morgan fingerprint density at radius 3 is 2.76 bits per heavy atom. The van der Waals surface area contributed by atoms with Crippen LogP contribution in [0, 0.1) is 0 Å². The molecule has 0 aliphatic heterocycles. The average molecular weight is 279 g/mol. The summed E-state index contributed by atoms with van der Waals surface area (Å²) in [6.45, 7) is 5.06. The normalized spacial score (nSPS) is 11.1. The van der Waals surface area contributed by atoms with E-state index in [0.717, 1.165) is 26.1 Å². The molecule has 0 aliphatic rings. The molecular formula is C18H21N3. The zero-order valence-electron chi connectivity index (χ0n) is 12.4. The first kappa shape index (κ1) is 13.8. The fourth-order valence-corrected chi connectivity index (χ4v) is 2.70. The van der Waals surface area contributed by atoms with Crippen LogP contribution in [0.5, 0.6) is 0 Å². The number of para-hydroxylation sites is 1. The first-order valence-electron chi connectivity index (χ1n) is 7.55. The van der Waals surface area contributed by atoms with Gasteiger partial charge in [0.05, 0.1) is 5.52 Å². The zero-order chi connectivity index (χ0) is 14.5. The van der Waals surface area contributed by atoms with Crippen molar-refractivity contribution in [2.45, 2.75) is 26.4 Å². The molecule has 0 fully saturated rings. The van der Waals surface area contributed by atoms with Gasteiger partial charge in [0.2, 0.25) is 0 Å². The van der Waals surface area contributed by atoms with E-state index < -0.39 is 0 Å². The standard InChI is InChI=1S/C18H21N3/c1-2-9-20-13-17-5-3-4-16-8-12-21(18(16)17)14-15-6-10-19-11-7-15/h3-8,10-12,20H,2,9,13-14H2,1H3. The fourth-order valence-electron chi connectivity index (χ4n) is 2.70. The van der Waals surface area contributed by atoms with E-state index in [-0.39, 0.29) is 0 Å². The summed E-state index contributed by atoms with van der Waals surface area (Å²) < 4.78 is 2.33. The molecule has 3 nitrogen and oxygen atoms in total. The lowest BCUT2D eigenvalue weighted by atomic mass is 10.1. The lowest BCUT2D eigenvalue weighted by Crippen LogP contribution is -2.14. The summed E-state index contributed by atoms with van der Waals surface area (Å²) in [5.41, 5.74) is 3.97. The Morgan fingerprint density at radius 1 is 1.10 bits per heavy atom. The van der Waals surface area contributed by atoms with Gasteiger partial charge < -0.3 is 9.88 Å². The predicted molar refractivity (Wildman–Crippen MR) is 87.3 cm³/mol. The number of hydrogen-bond acceptors (Lipinski definition) is 2. The van der Waals surface area contributed by atoms with Crippen molar-refractivity contribution in [1.29, 1.82) is 0 Å². The van der Waals surface area contributed by atoms with Crippen molar-refractivity contribution in [2.24, 2.45) is 0 Å². The molecule has 21 heavy (non-hydrogen) atoms. The summed E-state index contributed by atoms with van der Waals surface area (Å²) in [6, 6.07) is 12.9. The van der Waals surface area contributed by atoms with Gasteiger partial charge in [0, 0.05) is 31.7 Å². The van der Waals surface area contributed by atoms with Crippen LogP contribution in [0.2, 0.25) is 0 Å². The zero-order valence-corrected chi connectivity index (χ0v) is 12.4. The molecule has 1 N–H and O–H groups in total. The highest BCUT2D eigenvalue weighted by molar-refractivity contribution is 5.83. The van der Waals surface area contributed by atoms with Crippen molar-refractivity contribution in [1.82, 2.24) is 14.9 Å². The van der Waals surface area contributed by atoms with Crippen LogP contribution in [-0.2, 0) is 13.1 Å². The Morgan fingerprint density at radius 2 is 1.95 bits per heavy atom. The Bertz CT molecular complexity index is 701. The molecule has 0 aliphatic carbocycles. The monoisotopic (exact) mass is 279 g/mol. The molecule has 0 atom stereocenters. The van der Waals surface area contributed by atoms with Crippen molar-refractivity contribution < 1.29 is 0 Å². The topological polar surface area (TPSA) is 29.9 Å². The minimum absolute atomic E-state index is 0.886. The summed E-state index contributed by atoms with van der Waals surface area (Å²) in [5.74, 6) is 0. The van der Waals surface area contributed by atoms with Crippen LogP contribution in [-0.4, -0.2) is 16.1 Å². The van der Waals surface area contributed by atoms with Crippen molar-refractivity contribution in [3.63, 3.8) is 0 Å². The van der Waals surface area contributed by atoms with E-state index in [0.29, 0.717) is 0 Å². The molecule has 2 heterocycles. The van der Waals surface area contributed by atoms with Crippen LogP contribution in [0.25, 0.3) is 10.9 Å². The second-order valence-electron chi connectivity index (χ2n) is 5.33. The van der Waals surface area contributed by atoms with Gasteiger partial charge in [-0.1, -0.05) is 25.1 Å². The van der Waals surface area contributed by atoms with Crippen molar-refractivity contribution in [2.75, 3.05) is 6.54 Å². The largest absolute Gasteiger partial charge is 0.343 e. The second-order valence-corrected chi connectivity index (χ2v) is 5.33. The number of benzene rings is 1. The second kappa shape index (κ2) is 6.55. The van der Waals surface area contributed by atoms with E-state index in [1.54, 1.807) is 0 Å². The average Bonchev–Trinajstić information content (AvgIpc) is 2.93. The number of hydrogen-bond donors (Lipinski definition) is 1. The SMILES string of the molecule is CCCNCc1cccc2ccn(Cc3ccncc3)c12. The summed E-state index contributed by atoms with van der Waals surface area (Å²) >= 11 is 0. The van der Waals surface area contributed by atoms with Crippen molar-refractivity contribution in [3.05, 3.63) is 66.1 Å². The Kier molecular flexibility index (Phi) is 4.31. The molecule has 0 amide bonds. The highest BCUT2D eigenvalue weighted by Gasteiger charge is 2.06. The maximum Gasteiger partial charge on any atom is 0.0529 e. The molecule has 0 unspecified atom stereocenters. The van der Waals surface area contributed by atoms with Crippen molar-refractivity contribution >= 4 is 10.9 Å². The maximum absolute atomic E-state index is 4.09. The molecule has 3 rings (SSSR count). The summed E-state index contributed by atoms with van der Waals surface area (Å²) in [4.78, 5) is 4.09. The number of fused-ring (bicyclic) bond motifs is 1. The van der Waals surface area contributed by atoms with Crippen molar-refractivity contribution in [3.8, 4) is 0 Å².